The Morgan fingerprint density at radius 2 is 2.29 bits per heavy atom. The normalized spacial score (nSPS) is 11.0. The molecule has 1 rings (SSSR count). The Morgan fingerprint density at radius 3 is 2.95 bits per heavy atom. The van der Waals surface area contributed by atoms with Gasteiger partial charge in [0.2, 0.25) is 5.13 Å². The zero-order valence-electron chi connectivity index (χ0n) is 11.4. The van der Waals surface area contributed by atoms with Crippen LogP contribution in [0.5, 0.6) is 0 Å². The Bertz CT molecular complexity index is 525. The fourth-order valence-electron chi connectivity index (χ4n) is 1.13. The summed E-state index contributed by atoms with van der Waals surface area (Å²) in [5.41, 5.74) is 16.9. The zero-order valence-corrected chi connectivity index (χ0v) is 13.0. The summed E-state index contributed by atoms with van der Waals surface area (Å²) in [5.74, 6) is 1.48. The number of thiazole rings is 1. The maximum atomic E-state index is 10.8. The minimum absolute atomic E-state index is 0.00790. The van der Waals surface area contributed by atoms with E-state index in [9.17, 15) is 4.79 Å². The number of aliphatic imine (C=N–C) groups is 2. The molecule has 21 heavy (non-hydrogen) atoms. The lowest BCUT2D eigenvalue weighted by Gasteiger charge is -2.02. The third-order valence-electron chi connectivity index (χ3n) is 1.95. The summed E-state index contributed by atoms with van der Waals surface area (Å²) in [5, 5.41) is 4.70. The minimum atomic E-state index is -0.640. The molecule has 0 radical (unpaired) electrons. The van der Waals surface area contributed by atoms with Gasteiger partial charge in [-0.15, -0.1) is 11.3 Å². The van der Waals surface area contributed by atoms with E-state index in [4.69, 9.17) is 17.2 Å². The van der Waals surface area contributed by atoms with E-state index in [1.54, 1.807) is 11.8 Å². The highest BCUT2D eigenvalue weighted by Gasteiger charge is 2.02. The molecule has 9 nitrogen and oxygen atoms in total. The van der Waals surface area contributed by atoms with Crippen molar-refractivity contribution in [1.29, 1.82) is 0 Å². The number of hydrogen-bond donors (Lipinski definition) is 4. The van der Waals surface area contributed by atoms with Crippen LogP contribution in [-0.4, -0.2) is 42.4 Å². The molecular weight excluding hydrogens is 314 g/mol. The Balaban J connectivity index is 2.25. The summed E-state index contributed by atoms with van der Waals surface area (Å²) < 4.78 is 4.38. The van der Waals surface area contributed by atoms with Crippen molar-refractivity contribution < 1.29 is 9.53 Å². The molecule has 1 amide bonds. The van der Waals surface area contributed by atoms with Gasteiger partial charge in [-0.1, -0.05) is 0 Å². The molecule has 1 aromatic rings. The highest BCUT2D eigenvalue weighted by Crippen LogP contribution is 2.21. The fourth-order valence-corrected chi connectivity index (χ4v) is 2.66. The number of amides is 1. The lowest BCUT2D eigenvalue weighted by Crippen LogP contribution is -2.36. The molecule has 0 unspecified atom stereocenters. The molecule has 1 aromatic heterocycles. The molecule has 0 saturated heterocycles. The summed E-state index contributed by atoms with van der Waals surface area (Å²) in [7, 11) is 1.25. The number of nitrogens with zero attached hydrogens (tertiary/aromatic N) is 3. The number of thioether (sulfide) groups is 1. The number of guanidine groups is 2. The zero-order chi connectivity index (χ0) is 15.7. The average molecular weight is 331 g/mol. The van der Waals surface area contributed by atoms with Crippen molar-refractivity contribution in [3.63, 3.8) is 0 Å². The van der Waals surface area contributed by atoms with Gasteiger partial charge in [-0.25, -0.2) is 9.78 Å². The number of aromatic nitrogens is 1. The second-order valence-electron chi connectivity index (χ2n) is 3.59. The lowest BCUT2D eigenvalue weighted by molar-refractivity contribution is 0.176. The molecule has 0 atom stereocenters. The number of carbonyl (C=O) groups excluding carboxylic acids is 1. The lowest BCUT2D eigenvalue weighted by atomic mass is 10.6. The summed E-state index contributed by atoms with van der Waals surface area (Å²) >= 11 is 3.01. The molecule has 0 spiro atoms. The van der Waals surface area contributed by atoms with Gasteiger partial charge in [0, 0.05) is 16.9 Å². The van der Waals surface area contributed by atoms with Crippen LogP contribution in [0.2, 0.25) is 0 Å². The summed E-state index contributed by atoms with van der Waals surface area (Å²) in [6, 6.07) is 0. The number of carbonyl (C=O) groups is 1. The van der Waals surface area contributed by atoms with Crippen LogP contribution in [-0.2, 0) is 10.5 Å². The van der Waals surface area contributed by atoms with Gasteiger partial charge in [0.1, 0.15) is 0 Å². The van der Waals surface area contributed by atoms with E-state index in [0.29, 0.717) is 11.7 Å². The van der Waals surface area contributed by atoms with Crippen LogP contribution in [0.3, 0.4) is 0 Å². The molecule has 11 heteroatoms. The first kappa shape index (κ1) is 17.0. The molecule has 0 aliphatic carbocycles. The van der Waals surface area contributed by atoms with E-state index in [1.165, 1.54) is 18.4 Å². The van der Waals surface area contributed by atoms with Gasteiger partial charge in [-0.2, -0.15) is 16.8 Å². The Labute approximate surface area is 130 Å². The SMILES string of the molecule is COC(=O)NC(N)=NCCSCc1csc(N=C(N)N)n1. The molecule has 0 bridgehead atoms. The molecule has 0 saturated carbocycles. The third kappa shape index (κ3) is 7.37. The van der Waals surface area contributed by atoms with Gasteiger partial charge < -0.3 is 21.9 Å². The third-order valence-corrected chi connectivity index (χ3v) is 3.70. The highest BCUT2D eigenvalue weighted by molar-refractivity contribution is 7.98. The number of methoxy groups -OCH3 is 1. The van der Waals surface area contributed by atoms with Gasteiger partial charge in [-0.3, -0.25) is 10.3 Å². The number of nitrogens with two attached hydrogens (primary N) is 3. The molecule has 7 N–H and O–H groups in total. The minimum Gasteiger partial charge on any atom is -0.453 e. The highest BCUT2D eigenvalue weighted by atomic mass is 32.2. The van der Waals surface area contributed by atoms with Crippen LogP contribution >= 0.6 is 23.1 Å². The predicted octanol–water partition coefficient (Wildman–Crippen LogP) is -0.0481. The summed E-state index contributed by atoms with van der Waals surface area (Å²) in [6.07, 6.45) is -0.640. The fraction of sp³-hybridized carbons (Fsp3) is 0.400. The first-order valence-electron chi connectivity index (χ1n) is 5.78. The number of hydrogen-bond acceptors (Lipinski definition) is 7. The van der Waals surface area contributed by atoms with Crippen molar-refractivity contribution in [3.8, 4) is 0 Å². The van der Waals surface area contributed by atoms with Crippen molar-refractivity contribution in [3.05, 3.63) is 11.1 Å². The smallest absolute Gasteiger partial charge is 0.413 e. The second kappa shape index (κ2) is 9.02. The van der Waals surface area contributed by atoms with Crippen molar-refractivity contribution in [2.45, 2.75) is 5.75 Å². The van der Waals surface area contributed by atoms with E-state index in [1.807, 2.05) is 5.38 Å². The maximum Gasteiger partial charge on any atom is 0.413 e. The van der Waals surface area contributed by atoms with Gasteiger partial charge in [0.05, 0.1) is 19.3 Å². The topological polar surface area (TPSA) is 154 Å². The van der Waals surface area contributed by atoms with Gasteiger partial charge >= 0.3 is 6.09 Å². The van der Waals surface area contributed by atoms with Crippen molar-refractivity contribution >= 4 is 46.2 Å². The standard InChI is InChI=1S/C10H17N7O2S2/c1-19-10(18)17-8(13)14-2-3-20-4-6-5-21-9(15-6)16-7(11)12/h5H,2-4H2,1H3,(H4,11,12,15,16)(H3,13,14,17,18). The molecule has 116 valence electrons. The van der Waals surface area contributed by atoms with E-state index in [-0.39, 0.29) is 11.9 Å². The molecular formula is C10H17N7O2S2. The predicted molar refractivity (Wildman–Crippen MR) is 85.8 cm³/mol. The van der Waals surface area contributed by atoms with E-state index >= 15 is 0 Å². The maximum absolute atomic E-state index is 10.8. The largest absolute Gasteiger partial charge is 0.453 e. The van der Waals surface area contributed by atoms with Crippen LogP contribution in [0.15, 0.2) is 15.4 Å². The number of nitrogens with one attached hydrogen (secondary N) is 1. The first-order valence-corrected chi connectivity index (χ1v) is 7.81. The van der Waals surface area contributed by atoms with Crippen molar-refractivity contribution in [1.82, 2.24) is 10.3 Å². The van der Waals surface area contributed by atoms with Crippen LogP contribution in [0.1, 0.15) is 5.69 Å². The molecule has 0 aliphatic rings. The molecule has 1 heterocycles. The van der Waals surface area contributed by atoms with Gasteiger partial charge in [0.15, 0.2) is 11.9 Å². The van der Waals surface area contributed by atoms with E-state index in [0.717, 1.165) is 17.2 Å². The van der Waals surface area contributed by atoms with E-state index < -0.39 is 6.09 Å². The van der Waals surface area contributed by atoms with Crippen LogP contribution in [0.25, 0.3) is 0 Å². The van der Waals surface area contributed by atoms with Crippen LogP contribution < -0.4 is 22.5 Å². The Morgan fingerprint density at radius 1 is 1.52 bits per heavy atom. The van der Waals surface area contributed by atoms with Crippen LogP contribution in [0, 0.1) is 0 Å². The first-order chi connectivity index (χ1) is 10.0. The Kier molecular flexibility index (Phi) is 7.32. The molecule has 0 fully saturated rings. The average Bonchev–Trinajstić information content (AvgIpc) is 2.84. The summed E-state index contributed by atoms with van der Waals surface area (Å²) in [6.45, 7) is 0.478. The number of rotatable bonds is 6. The van der Waals surface area contributed by atoms with Crippen LogP contribution in [0.4, 0.5) is 9.93 Å². The monoisotopic (exact) mass is 331 g/mol. The Hall–Kier alpha value is -2.01. The summed E-state index contributed by atoms with van der Waals surface area (Å²) in [4.78, 5) is 22.9. The van der Waals surface area contributed by atoms with Crippen molar-refractivity contribution in [2.75, 3.05) is 19.4 Å². The molecule has 0 aliphatic heterocycles. The number of ether oxygens (including phenoxy) is 1. The van der Waals surface area contributed by atoms with Gasteiger partial charge in [-0.05, 0) is 0 Å². The van der Waals surface area contributed by atoms with E-state index in [2.05, 4.69) is 25.0 Å². The molecule has 0 aromatic carbocycles. The van der Waals surface area contributed by atoms with Crippen molar-refractivity contribution in [2.24, 2.45) is 27.2 Å². The van der Waals surface area contributed by atoms with Gasteiger partial charge in [0.25, 0.3) is 0 Å². The number of alkyl carbamates (subject to hydrolysis) is 1. The quantitative estimate of drug-likeness (QED) is 0.324. The second-order valence-corrected chi connectivity index (χ2v) is 5.54.